The molecule has 0 radical (unpaired) electrons. The van der Waals surface area contributed by atoms with Crippen molar-refractivity contribution in [1.82, 2.24) is 0 Å². The lowest BCUT2D eigenvalue weighted by Gasteiger charge is -2.10. The molecule has 4 nitrogen and oxygen atoms in total. The lowest BCUT2D eigenvalue weighted by molar-refractivity contribution is 0.102. The van der Waals surface area contributed by atoms with Crippen molar-refractivity contribution in [2.24, 2.45) is 0 Å². The zero-order valence-electron chi connectivity index (χ0n) is 10.2. The van der Waals surface area contributed by atoms with E-state index >= 15 is 0 Å². The topological polar surface area (TPSA) is 78.9 Å². The van der Waals surface area contributed by atoms with Gasteiger partial charge in [-0.1, -0.05) is 29.3 Å². The van der Waals surface area contributed by atoms with Crippen LogP contribution >= 0.6 is 23.2 Å². The second-order valence-corrected chi connectivity index (χ2v) is 4.75. The van der Waals surface area contributed by atoms with Crippen LogP contribution in [-0.4, -0.2) is 5.91 Å². The Hall–Kier alpha value is -2.22. The van der Waals surface area contributed by atoms with Gasteiger partial charge in [-0.05, 0) is 30.3 Å². The summed E-state index contributed by atoms with van der Waals surface area (Å²) in [5.74, 6) is -0.422. The molecule has 0 aliphatic rings. The highest BCUT2D eigenvalue weighted by Crippen LogP contribution is 2.27. The average Bonchev–Trinajstić information content (AvgIpc) is 2.44. The number of nitrogen functional groups attached to an aromatic ring is 1. The minimum atomic E-state index is -0.422. The summed E-state index contributed by atoms with van der Waals surface area (Å²) in [6, 6.07) is 11.4. The maximum absolute atomic E-state index is 12.1. The monoisotopic (exact) mass is 305 g/mol. The quantitative estimate of drug-likeness (QED) is 0.830. The van der Waals surface area contributed by atoms with Gasteiger partial charge in [-0.15, -0.1) is 0 Å². The van der Waals surface area contributed by atoms with Gasteiger partial charge in [-0.25, -0.2) is 0 Å². The predicted octanol–water partition coefficient (Wildman–Crippen LogP) is 3.70. The van der Waals surface area contributed by atoms with Crippen molar-refractivity contribution in [1.29, 1.82) is 5.26 Å². The summed E-state index contributed by atoms with van der Waals surface area (Å²) in [5.41, 5.74) is 7.15. The van der Waals surface area contributed by atoms with Gasteiger partial charge in [0.2, 0.25) is 0 Å². The Morgan fingerprint density at radius 3 is 2.65 bits per heavy atom. The number of nitrogens with two attached hydrogens (primary N) is 1. The molecule has 3 N–H and O–H groups in total. The number of benzene rings is 2. The molecule has 2 aromatic rings. The summed E-state index contributed by atoms with van der Waals surface area (Å²) in [7, 11) is 0. The van der Waals surface area contributed by atoms with Crippen LogP contribution in [0.25, 0.3) is 0 Å². The second kappa shape index (κ2) is 5.83. The van der Waals surface area contributed by atoms with E-state index < -0.39 is 5.91 Å². The largest absolute Gasteiger partial charge is 0.397 e. The number of nitriles is 1. The molecular weight excluding hydrogens is 297 g/mol. The molecule has 0 heterocycles. The Morgan fingerprint density at radius 1 is 1.25 bits per heavy atom. The Labute approximate surface area is 125 Å². The van der Waals surface area contributed by atoms with Gasteiger partial charge < -0.3 is 11.1 Å². The molecule has 0 saturated heterocycles. The first kappa shape index (κ1) is 14.2. The minimum absolute atomic E-state index is 0.180. The number of carbonyl (C=O) groups excluding carboxylic acids is 1. The van der Waals surface area contributed by atoms with Crippen LogP contribution in [0.1, 0.15) is 15.9 Å². The number of carbonyl (C=O) groups is 1. The Kier molecular flexibility index (Phi) is 4.14. The molecule has 0 aliphatic heterocycles. The van der Waals surface area contributed by atoms with Crippen molar-refractivity contribution in [2.75, 3.05) is 11.1 Å². The minimum Gasteiger partial charge on any atom is -0.397 e. The standard InChI is InChI=1S/C14H9Cl2N3O/c15-10-3-1-2-9(13(10)16)14(20)19-12-5-4-8(7-17)6-11(12)18/h1-6H,18H2,(H,19,20). The highest BCUT2D eigenvalue weighted by atomic mass is 35.5. The van der Waals surface area contributed by atoms with Crippen LogP contribution in [0.15, 0.2) is 36.4 Å². The number of nitrogens with zero attached hydrogens (tertiary/aromatic N) is 1. The van der Waals surface area contributed by atoms with Crippen molar-refractivity contribution in [3.05, 3.63) is 57.6 Å². The van der Waals surface area contributed by atoms with E-state index in [-0.39, 0.29) is 10.6 Å². The van der Waals surface area contributed by atoms with Gasteiger partial charge in [0.05, 0.1) is 38.6 Å². The molecule has 0 atom stereocenters. The molecule has 0 saturated carbocycles. The van der Waals surface area contributed by atoms with E-state index in [1.165, 1.54) is 6.07 Å². The SMILES string of the molecule is N#Cc1ccc(NC(=O)c2cccc(Cl)c2Cl)c(N)c1. The van der Waals surface area contributed by atoms with Gasteiger partial charge in [-0.3, -0.25) is 4.79 Å². The first-order chi connectivity index (χ1) is 9.52. The Bertz CT molecular complexity index is 723. The van der Waals surface area contributed by atoms with Crippen LogP contribution in [0.4, 0.5) is 11.4 Å². The molecule has 2 aromatic carbocycles. The number of nitrogens with one attached hydrogen (secondary N) is 1. The van der Waals surface area contributed by atoms with Crippen LogP contribution in [0.5, 0.6) is 0 Å². The number of anilines is 2. The third kappa shape index (κ3) is 2.85. The fraction of sp³-hybridized carbons (Fsp3) is 0. The summed E-state index contributed by atoms with van der Waals surface area (Å²) in [4.78, 5) is 12.1. The summed E-state index contributed by atoms with van der Waals surface area (Å²) in [5, 5.41) is 11.9. The van der Waals surface area contributed by atoms with Crippen molar-refractivity contribution in [3.8, 4) is 6.07 Å². The smallest absolute Gasteiger partial charge is 0.257 e. The van der Waals surface area contributed by atoms with E-state index in [1.807, 2.05) is 6.07 Å². The second-order valence-electron chi connectivity index (χ2n) is 3.97. The van der Waals surface area contributed by atoms with Gasteiger partial charge in [0.25, 0.3) is 5.91 Å². The van der Waals surface area contributed by atoms with Crippen molar-refractivity contribution in [2.45, 2.75) is 0 Å². The number of hydrogen-bond acceptors (Lipinski definition) is 3. The van der Waals surface area contributed by atoms with E-state index in [2.05, 4.69) is 5.32 Å². The number of rotatable bonds is 2. The van der Waals surface area contributed by atoms with Gasteiger partial charge in [0.15, 0.2) is 0 Å². The molecule has 1 amide bonds. The maximum atomic E-state index is 12.1. The van der Waals surface area contributed by atoms with Gasteiger partial charge in [0.1, 0.15) is 0 Å². The van der Waals surface area contributed by atoms with Crippen LogP contribution in [0.3, 0.4) is 0 Å². The van der Waals surface area contributed by atoms with E-state index in [4.69, 9.17) is 34.2 Å². The number of hydrogen-bond donors (Lipinski definition) is 2. The fourth-order valence-corrected chi connectivity index (χ4v) is 2.00. The lowest BCUT2D eigenvalue weighted by Crippen LogP contribution is -2.13. The Balaban J connectivity index is 2.29. The summed E-state index contributed by atoms with van der Waals surface area (Å²) >= 11 is 11.8. The first-order valence-corrected chi connectivity index (χ1v) is 6.33. The molecule has 0 spiro atoms. The predicted molar refractivity (Wildman–Crippen MR) is 80.0 cm³/mol. The summed E-state index contributed by atoms with van der Waals surface area (Å²) in [6.07, 6.45) is 0. The van der Waals surface area contributed by atoms with E-state index in [0.29, 0.717) is 22.0 Å². The zero-order valence-corrected chi connectivity index (χ0v) is 11.7. The van der Waals surface area contributed by atoms with Crippen LogP contribution < -0.4 is 11.1 Å². The number of amides is 1. The van der Waals surface area contributed by atoms with Gasteiger partial charge in [0, 0.05) is 0 Å². The molecule has 0 aliphatic carbocycles. The lowest BCUT2D eigenvalue weighted by atomic mass is 10.1. The Morgan fingerprint density at radius 2 is 2.00 bits per heavy atom. The first-order valence-electron chi connectivity index (χ1n) is 5.58. The van der Waals surface area contributed by atoms with Crippen molar-refractivity contribution in [3.63, 3.8) is 0 Å². The summed E-state index contributed by atoms with van der Waals surface area (Å²) < 4.78 is 0. The molecule has 2 rings (SSSR count). The highest BCUT2D eigenvalue weighted by molar-refractivity contribution is 6.44. The molecule has 6 heteroatoms. The van der Waals surface area contributed by atoms with Crippen LogP contribution in [-0.2, 0) is 0 Å². The van der Waals surface area contributed by atoms with Crippen LogP contribution in [0, 0.1) is 11.3 Å². The molecule has 100 valence electrons. The van der Waals surface area contributed by atoms with Crippen molar-refractivity contribution < 1.29 is 4.79 Å². The number of halogens is 2. The van der Waals surface area contributed by atoms with E-state index in [0.717, 1.165) is 0 Å². The highest BCUT2D eigenvalue weighted by Gasteiger charge is 2.13. The van der Waals surface area contributed by atoms with E-state index in [9.17, 15) is 4.79 Å². The molecule has 0 fully saturated rings. The van der Waals surface area contributed by atoms with Gasteiger partial charge >= 0.3 is 0 Å². The third-order valence-corrected chi connectivity index (χ3v) is 3.44. The normalized spacial score (nSPS) is 9.85. The molecule has 20 heavy (non-hydrogen) atoms. The zero-order chi connectivity index (χ0) is 14.7. The third-order valence-electron chi connectivity index (χ3n) is 2.63. The molecule has 0 bridgehead atoms. The van der Waals surface area contributed by atoms with Crippen LogP contribution in [0.2, 0.25) is 10.0 Å². The summed E-state index contributed by atoms with van der Waals surface area (Å²) in [6.45, 7) is 0. The average molecular weight is 306 g/mol. The molecule has 0 aromatic heterocycles. The molecular formula is C14H9Cl2N3O. The molecule has 0 unspecified atom stereocenters. The maximum Gasteiger partial charge on any atom is 0.257 e. The van der Waals surface area contributed by atoms with E-state index in [1.54, 1.807) is 30.3 Å². The van der Waals surface area contributed by atoms with Gasteiger partial charge in [-0.2, -0.15) is 5.26 Å². The van der Waals surface area contributed by atoms with Crippen molar-refractivity contribution >= 4 is 40.5 Å². The fourth-order valence-electron chi connectivity index (χ4n) is 1.61.